The molecule has 5 rings (SSSR count). The molecular formula is C30H25ClN4O5. The van der Waals surface area contributed by atoms with Gasteiger partial charge in [0.25, 0.3) is 17.0 Å². The molecule has 1 amide bonds. The average molecular weight is 557 g/mol. The second-order valence-corrected chi connectivity index (χ2v) is 9.55. The van der Waals surface area contributed by atoms with Crippen LogP contribution in [0.5, 0.6) is 0 Å². The van der Waals surface area contributed by atoms with E-state index in [1.165, 1.54) is 22.4 Å². The Morgan fingerprint density at radius 2 is 1.60 bits per heavy atom. The maximum Gasteiger partial charge on any atom is 0.356 e. The van der Waals surface area contributed by atoms with Crippen molar-refractivity contribution in [2.75, 3.05) is 5.32 Å². The standard InChI is InChI=1S/C30H25ClN4O5/c1-3-23(28(37)32-24-17-25(36)35(33-24)20-9-5-4-6-10-20)40-30(39)27-26(18-13-15-19(31)16-14-18)21-11-7-8-12-22(21)29(38)34(27)2/h4-17,23,33H,3H2,1-2H3,(H,32,37). The van der Waals surface area contributed by atoms with Gasteiger partial charge in [0.2, 0.25) is 0 Å². The van der Waals surface area contributed by atoms with Crippen molar-refractivity contribution in [1.29, 1.82) is 0 Å². The van der Waals surface area contributed by atoms with E-state index in [9.17, 15) is 19.2 Å². The van der Waals surface area contributed by atoms with Gasteiger partial charge in [0.15, 0.2) is 6.10 Å². The SMILES string of the molecule is CCC(OC(=O)c1c(-c2ccc(Cl)cc2)c2ccccc2c(=O)n1C)C(=O)Nc1cc(=O)n(-c2ccccc2)[nH]1. The Kier molecular flexibility index (Phi) is 7.39. The first-order valence-corrected chi connectivity index (χ1v) is 12.9. The predicted octanol–water partition coefficient (Wildman–Crippen LogP) is 4.91. The van der Waals surface area contributed by atoms with Crippen molar-refractivity contribution < 1.29 is 14.3 Å². The topological polar surface area (TPSA) is 115 Å². The Labute approximate surface area is 233 Å². The number of hydrogen-bond acceptors (Lipinski definition) is 5. The number of halogens is 1. The molecule has 0 aliphatic rings. The number of amides is 1. The van der Waals surface area contributed by atoms with Crippen molar-refractivity contribution in [3.05, 3.63) is 116 Å². The molecule has 5 aromatic rings. The van der Waals surface area contributed by atoms with E-state index in [-0.39, 0.29) is 29.1 Å². The monoisotopic (exact) mass is 556 g/mol. The number of aromatic nitrogens is 3. The number of ether oxygens (including phenoxy) is 1. The van der Waals surface area contributed by atoms with Crippen LogP contribution >= 0.6 is 11.6 Å². The van der Waals surface area contributed by atoms with Gasteiger partial charge in [-0.2, -0.15) is 0 Å². The second-order valence-electron chi connectivity index (χ2n) is 9.11. The molecule has 2 heterocycles. The predicted molar refractivity (Wildman–Crippen MR) is 154 cm³/mol. The van der Waals surface area contributed by atoms with Crippen LogP contribution in [0.3, 0.4) is 0 Å². The Balaban J connectivity index is 1.48. The number of hydrogen-bond donors (Lipinski definition) is 2. The molecule has 0 saturated carbocycles. The van der Waals surface area contributed by atoms with Crippen LogP contribution in [0.2, 0.25) is 5.02 Å². The minimum Gasteiger partial charge on any atom is -0.448 e. The molecule has 202 valence electrons. The zero-order chi connectivity index (χ0) is 28.4. The van der Waals surface area contributed by atoms with Gasteiger partial charge in [-0.1, -0.05) is 67.1 Å². The summed E-state index contributed by atoms with van der Waals surface area (Å²) in [7, 11) is 1.49. The van der Waals surface area contributed by atoms with E-state index in [4.69, 9.17) is 16.3 Å². The van der Waals surface area contributed by atoms with Crippen LogP contribution in [0, 0.1) is 0 Å². The molecule has 9 nitrogen and oxygen atoms in total. The molecule has 0 aliphatic heterocycles. The number of nitrogens with zero attached hydrogens (tertiary/aromatic N) is 2. The number of carbonyl (C=O) groups excluding carboxylic acids is 2. The molecule has 0 saturated heterocycles. The molecule has 2 aromatic heterocycles. The molecule has 40 heavy (non-hydrogen) atoms. The summed E-state index contributed by atoms with van der Waals surface area (Å²) >= 11 is 6.10. The van der Waals surface area contributed by atoms with Gasteiger partial charge < -0.3 is 14.6 Å². The fourth-order valence-corrected chi connectivity index (χ4v) is 4.69. The number of benzene rings is 3. The second kappa shape index (κ2) is 11.1. The van der Waals surface area contributed by atoms with Gasteiger partial charge in [0.1, 0.15) is 11.5 Å². The number of H-pyrrole nitrogens is 1. The van der Waals surface area contributed by atoms with Crippen LogP contribution in [-0.2, 0) is 16.6 Å². The fourth-order valence-electron chi connectivity index (χ4n) is 4.56. The number of anilines is 1. The summed E-state index contributed by atoms with van der Waals surface area (Å²) < 4.78 is 8.19. The summed E-state index contributed by atoms with van der Waals surface area (Å²) in [4.78, 5) is 52.4. The third-order valence-corrected chi connectivity index (χ3v) is 6.79. The maximum atomic E-state index is 13.6. The smallest absolute Gasteiger partial charge is 0.356 e. The van der Waals surface area contributed by atoms with Crippen LogP contribution in [0.4, 0.5) is 5.82 Å². The highest BCUT2D eigenvalue weighted by Gasteiger charge is 2.28. The Morgan fingerprint density at radius 1 is 0.950 bits per heavy atom. The Hall–Kier alpha value is -4.89. The molecule has 2 N–H and O–H groups in total. The van der Waals surface area contributed by atoms with Gasteiger partial charge in [-0.3, -0.25) is 19.5 Å². The van der Waals surface area contributed by atoms with Crippen molar-refractivity contribution in [1.82, 2.24) is 14.3 Å². The minimum absolute atomic E-state index is 0.000843. The van der Waals surface area contributed by atoms with Crippen molar-refractivity contribution in [3.63, 3.8) is 0 Å². The van der Waals surface area contributed by atoms with Crippen LogP contribution in [0.15, 0.2) is 94.5 Å². The lowest BCUT2D eigenvalue weighted by Gasteiger charge is -2.20. The number of esters is 1. The van der Waals surface area contributed by atoms with Crippen molar-refractivity contribution >= 4 is 40.1 Å². The summed E-state index contributed by atoms with van der Waals surface area (Å²) in [6, 6.07) is 24.0. The lowest BCUT2D eigenvalue weighted by Crippen LogP contribution is -2.34. The van der Waals surface area contributed by atoms with Gasteiger partial charge in [0.05, 0.1) is 5.69 Å². The van der Waals surface area contributed by atoms with Gasteiger partial charge >= 0.3 is 5.97 Å². The summed E-state index contributed by atoms with van der Waals surface area (Å²) in [5.41, 5.74) is 0.988. The molecule has 0 spiro atoms. The van der Waals surface area contributed by atoms with E-state index in [0.29, 0.717) is 32.6 Å². The highest BCUT2D eigenvalue weighted by Crippen LogP contribution is 2.32. The van der Waals surface area contributed by atoms with Crippen LogP contribution in [0.1, 0.15) is 23.8 Å². The third-order valence-electron chi connectivity index (χ3n) is 6.54. The molecule has 1 atom stereocenters. The van der Waals surface area contributed by atoms with Crippen LogP contribution in [-0.4, -0.2) is 32.3 Å². The Morgan fingerprint density at radius 3 is 2.27 bits per heavy atom. The summed E-state index contributed by atoms with van der Waals surface area (Å²) in [6.45, 7) is 1.69. The van der Waals surface area contributed by atoms with Crippen molar-refractivity contribution in [2.45, 2.75) is 19.4 Å². The number of aromatic amines is 1. The summed E-state index contributed by atoms with van der Waals surface area (Å²) in [5.74, 6) is -1.32. The molecule has 0 aliphatic carbocycles. The number of fused-ring (bicyclic) bond motifs is 1. The van der Waals surface area contributed by atoms with Gasteiger partial charge in [-0.15, -0.1) is 0 Å². The van der Waals surface area contributed by atoms with E-state index < -0.39 is 18.0 Å². The van der Waals surface area contributed by atoms with Crippen LogP contribution in [0.25, 0.3) is 27.6 Å². The van der Waals surface area contributed by atoms with Crippen molar-refractivity contribution in [2.24, 2.45) is 7.05 Å². The highest BCUT2D eigenvalue weighted by atomic mass is 35.5. The van der Waals surface area contributed by atoms with E-state index in [1.807, 2.05) is 6.07 Å². The zero-order valence-electron chi connectivity index (χ0n) is 21.7. The number of nitrogens with one attached hydrogen (secondary N) is 2. The van der Waals surface area contributed by atoms with E-state index >= 15 is 0 Å². The number of pyridine rings is 1. The summed E-state index contributed by atoms with van der Waals surface area (Å²) in [5, 5.41) is 6.97. The first kappa shape index (κ1) is 26.7. The zero-order valence-corrected chi connectivity index (χ0v) is 22.4. The van der Waals surface area contributed by atoms with E-state index in [2.05, 4.69) is 10.4 Å². The largest absolute Gasteiger partial charge is 0.448 e. The highest BCUT2D eigenvalue weighted by molar-refractivity contribution is 6.30. The number of carbonyl (C=O) groups is 2. The van der Waals surface area contributed by atoms with Crippen LogP contribution < -0.4 is 16.4 Å². The number of rotatable bonds is 7. The number of para-hydroxylation sites is 1. The fraction of sp³-hybridized carbons (Fsp3) is 0.133. The van der Waals surface area contributed by atoms with Gasteiger partial charge in [0, 0.05) is 29.1 Å². The molecule has 10 heteroatoms. The third kappa shape index (κ3) is 5.06. The molecule has 1 unspecified atom stereocenters. The van der Waals surface area contributed by atoms with E-state index in [1.54, 1.807) is 79.7 Å². The van der Waals surface area contributed by atoms with Gasteiger partial charge in [-0.05, 0) is 47.7 Å². The molecular weight excluding hydrogens is 532 g/mol. The first-order valence-electron chi connectivity index (χ1n) is 12.6. The molecule has 0 radical (unpaired) electrons. The summed E-state index contributed by atoms with van der Waals surface area (Å²) in [6.07, 6.45) is -1.05. The lowest BCUT2D eigenvalue weighted by molar-refractivity contribution is -0.124. The average Bonchev–Trinajstić information content (AvgIpc) is 3.33. The van der Waals surface area contributed by atoms with Crippen molar-refractivity contribution in [3.8, 4) is 16.8 Å². The molecule has 0 fully saturated rings. The van der Waals surface area contributed by atoms with Gasteiger partial charge in [-0.25, -0.2) is 9.48 Å². The quantitative estimate of drug-likeness (QED) is 0.276. The molecule has 0 bridgehead atoms. The first-order chi connectivity index (χ1) is 19.3. The maximum absolute atomic E-state index is 13.6. The Bertz CT molecular complexity index is 1840. The van der Waals surface area contributed by atoms with E-state index in [0.717, 1.165) is 0 Å². The lowest BCUT2D eigenvalue weighted by atomic mass is 9.96. The minimum atomic E-state index is -1.20. The molecule has 3 aromatic carbocycles. The normalized spacial score (nSPS) is 11.8.